The van der Waals surface area contributed by atoms with Crippen LogP contribution < -0.4 is 11.1 Å². The number of nitrogens with one attached hydrogen (secondary N) is 2. The molecule has 1 amide bonds. The van der Waals surface area contributed by atoms with E-state index in [2.05, 4.69) is 17.2 Å². The van der Waals surface area contributed by atoms with Crippen LogP contribution in [0.15, 0.2) is 30.7 Å². The summed E-state index contributed by atoms with van der Waals surface area (Å²) in [6.07, 6.45) is 14.5. The summed E-state index contributed by atoms with van der Waals surface area (Å²) in [4.78, 5) is 39.6. The third-order valence-electron chi connectivity index (χ3n) is 5.71. The summed E-state index contributed by atoms with van der Waals surface area (Å²) in [6, 6.07) is 1.52. The van der Waals surface area contributed by atoms with Crippen molar-refractivity contribution >= 4 is 29.4 Å². The largest absolute Gasteiger partial charge is 0.374 e. The summed E-state index contributed by atoms with van der Waals surface area (Å²) in [7, 11) is 0. The zero-order valence-corrected chi connectivity index (χ0v) is 18.3. The molecule has 1 aromatic rings. The Morgan fingerprint density at radius 3 is 2.68 bits per heavy atom. The Morgan fingerprint density at radius 1 is 1.39 bits per heavy atom. The lowest BCUT2D eigenvalue weighted by Crippen LogP contribution is -2.37. The van der Waals surface area contributed by atoms with Gasteiger partial charge in [-0.3, -0.25) is 20.0 Å². The molecule has 1 aliphatic carbocycles. The van der Waals surface area contributed by atoms with Crippen LogP contribution in [0.1, 0.15) is 59.4 Å². The van der Waals surface area contributed by atoms with Crippen molar-refractivity contribution < 1.29 is 15.8 Å². The van der Waals surface area contributed by atoms with Crippen LogP contribution in [0.3, 0.4) is 0 Å². The Hall–Kier alpha value is -2.87. The Balaban J connectivity index is 0.000000431. The van der Waals surface area contributed by atoms with Crippen LogP contribution in [0.4, 0.5) is 5.69 Å². The van der Waals surface area contributed by atoms with Gasteiger partial charge in [-0.2, -0.15) is 0 Å². The van der Waals surface area contributed by atoms with E-state index in [0.717, 1.165) is 12.2 Å². The van der Waals surface area contributed by atoms with Crippen LogP contribution in [-0.4, -0.2) is 52.2 Å². The van der Waals surface area contributed by atoms with E-state index in [-0.39, 0.29) is 25.4 Å². The van der Waals surface area contributed by atoms with E-state index in [0.29, 0.717) is 23.7 Å². The van der Waals surface area contributed by atoms with Crippen molar-refractivity contribution in [3.63, 3.8) is 0 Å². The number of hydrogen-bond acceptors (Lipinski definition) is 7. The van der Waals surface area contributed by atoms with Crippen molar-refractivity contribution in [2.45, 2.75) is 64.5 Å². The molecule has 1 aliphatic heterocycles. The van der Waals surface area contributed by atoms with Gasteiger partial charge in [0, 0.05) is 32.4 Å². The fourth-order valence-corrected chi connectivity index (χ4v) is 3.79. The lowest BCUT2D eigenvalue weighted by atomic mass is 9.85. The maximum Gasteiger partial charge on any atom is 0.246 e. The van der Waals surface area contributed by atoms with E-state index in [9.17, 15) is 14.4 Å². The van der Waals surface area contributed by atoms with Crippen LogP contribution in [-0.2, 0) is 14.4 Å². The highest BCUT2D eigenvalue weighted by Gasteiger charge is 2.24. The quantitative estimate of drug-likeness (QED) is 0.451. The average molecular weight is 430 g/mol. The average Bonchev–Trinajstić information content (AvgIpc) is 3.27. The molecule has 0 unspecified atom stereocenters. The van der Waals surface area contributed by atoms with E-state index in [1.54, 1.807) is 18.3 Å². The number of Topliss-reactive ketones (excluding diaryl/α,β-unsaturated/α-hetero) is 1. The molecule has 2 atom stereocenters. The van der Waals surface area contributed by atoms with E-state index in [1.807, 2.05) is 0 Å². The minimum atomic E-state index is -0.460. The second-order valence-electron chi connectivity index (χ2n) is 8.09. The molecule has 2 heterocycles. The number of carbonyl (C=O) groups excluding carboxylic acids is 3. The molecular weight excluding hydrogens is 394 g/mol. The third kappa shape index (κ3) is 7.10. The first-order valence-corrected chi connectivity index (χ1v) is 10.8. The van der Waals surface area contributed by atoms with Crippen molar-refractivity contribution in [1.82, 2.24) is 9.88 Å². The van der Waals surface area contributed by atoms with Gasteiger partial charge in [-0.15, -0.1) is 0 Å². The van der Waals surface area contributed by atoms with Crippen LogP contribution >= 0.6 is 0 Å². The standard InChI is InChI=1S/C15H16N4O3.C8H17N.H2/c1-10(21)15(16)12-4-5-17-7-13(12)18-8-14(22)19-6-2-3-11(19)9-20;1-7(9)8-5-3-2-4-6-8;/h2,4-7,9,11,16,18H,3,8H2,1H3;7-8H,2-6,9H2,1H3;1H/t11-;7-;/m01./s1. The number of nitrogens with zero attached hydrogens (tertiary/aromatic N) is 2. The molecule has 3 rings (SSSR count). The fraction of sp³-hybridized carbons (Fsp3) is 0.522. The van der Waals surface area contributed by atoms with E-state index < -0.39 is 6.04 Å². The first-order valence-electron chi connectivity index (χ1n) is 10.8. The lowest BCUT2D eigenvalue weighted by Gasteiger charge is -2.24. The number of hydrogen-bond donors (Lipinski definition) is 3. The van der Waals surface area contributed by atoms with Gasteiger partial charge in [0.2, 0.25) is 5.91 Å². The molecule has 170 valence electrons. The minimum Gasteiger partial charge on any atom is -0.374 e. The molecule has 0 spiro atoms. The second-order valence-corrected chi connectivity index (χ2v) is 8.09. The predicted octanol–water partition coefficient (Wildman–Crippen LogP) is 2.92. The van der Waals surface area contributed by atoms with Gasteiger partial charge < -0.3 is 20.7 Å². The maximum absolute atomic E-state index is 12.1. The van der Waals surface area contributed by atoms with Crippen molar-refractivity contribution in [3.05, 3.63) is 36.3 Å². The lowest BCUT2D eigenvalue weighted by molar-refractivity contribution is -0.130. The Labute approximate surface area is 185 Å². The van der Waals surface area contributed by atoms with Crippen molar-refractivity contribution in [3.8, 4) is 0 Å². The number of aldehydes is 1. The molecule has 0 saturated heterocycles. The smallest absolute Gasteiger partial charge is 0.246 e. The molecule has 0 bridgehead atoms. The molecule has 0 aromatic carbocycles. The number of ketones is 1. The molecule has 1 aromatic heterocycles. The number of pyridine rings is 1. The summed E-state index contributed by atoms with van der Waals surface area (Å²) >= 11 is 0. The monoisotopic (exact) mass is 429 g/mol. The second kappa shape index (κ2) is 12.1. The molecule has 0 radical (unpaired) electrons. The van der Waals surface area contributed by atoms with Crippen LogP contribution in [0.5, 0.6) is 0 Å². The fourth-order valence-electron chi connectivity index (χ4n) is 3.79. The molecule has 1 fully saturated rings. The first kappa shape index (κ1) is 24.4. The zero-order valence-electron chi connectivity index (χ0n) is 18.3. The van der Waals surface area contributed by atoms with E-state index in [4.69, 9.17) is 11.1 Å². The van der Waals surface area contributed by atoms with Crippen molar-refractivity contribution in [2.75, 3.05) is 11.9 Å². The molecule has 4 N–H and O–H groups in total. The summed E-state index contributed by atoms with van der Waals surface area (Å²) in [5, 5.41) is 10.6. The number of nitrogens with two attached hydrogens (primary N) is 1. The zero-order chi connectivity index (χ0) is 22.8. The SMILES string of the molecule is CC(=O)C(=N)c1ccncc1NCC(=O)N1C=CC[C@H]1C=O.C[C@@H](N)C1CCCCC1.[HH]. The summed E-state index contributed by atoms with van der Waals surface area (Å²) < 4.78 is 0. The van der Waals surface area contributed by atoms with Crippen molar-refractivity contribution in [2.24, 2.45) is 11.7 Å². The number of anilines is 1. The third-order valence-corrected chi connectivity index (χ3v) is 5.71. The van der Waals surface area contributed by atoms with Crippen LogP contribution in [0, 0.1) is 11.3 Å². The van der Waals surface area contributed by atoms with Crippen LogP contribution in [0.2, 0.25) is 0 Å². The Kier molecular flexibility index (Phi) is 9.52. The number of rotatable bonds is 7. The summed E-state index contributed by atoms with van der Waals surface area (Å²) in [5.41, 5.74) is 6.44. The van der Waals surface area contributed by atoms with Gasteiger partial charge in [-0.05, 0) is 38.2 Å². The maximum atomic E-state index is 12.1. The summed E-state index contributed by atoms with van der Waals surface area (Å²) in [6.45, 7) is 3.38. The molecule has 8 nitrogen and oxygen atoms in total. The molecule has 31 heavy (non-hydrogen) atoms. The highest BCUT2D eigenvalue weighted by molar-refractivity contribution is 6.45. The molecular formula is C23H35N5O3. The van der Waals surface area contributed by atoms with Gasteiger partial charge in [-0.25, -0.2) is 0 Å². The number of aromatic nitrogens is 1. The van der Waals surface area contributed by atoms with Gasteiger partial charge in [0.1, 0.15) is 12.0 Å². The number of carbonyl (C=O) groups is 3. The molecule has 2 aliphatic rings. The van der Waals surface area contributed by atoms with Gasteiger partial charge >= 0.3 is 0 Å². The topological polar surface area (TPSA) is 129 Å². The van der Waals surface area contributed by atoms with Crippen LogP contribution in [0.25, 0.3) is 0 Å². The first-order chi connectivity index (χ1) is 14.8. The van der Waals surface area contributed by atoms with Gasteiger partial charge in [0.05, 0.1) is 24.5 Å². The van der Waals surface area contributed by atoms with Gasteiger partial charge in [0.25, 0.3) is 0 Å². The summed E-state index contributed by atoms with van der Waals surface area (Å²) in [5.74, 6) is 0.192. The highest BCUT2D eigenvalue weighted by Crippen LogP contribution is 2.25. The number of amides is 1. The van der Waals surface area contributed by atoms with Gasteiger partial charge in [-0.1, -0.05) is 25.3 Å². The Morgan fingerprint density at radius 2 is 2.10 bits per heavy atom. The van der Waals surface area contributed by atoms with E-state index in [1.165, 1.54) is 56.3 Å². The normalized spacial score (nSPS) is 19.2. The highest BCUT2D eigenvalue weighted by atomic mass is 16.2. The van der Waals surface area contributed by atoms with E-state index >= 15 is 0 Å². The minimum absolute atomic E-state index is 0. The molecule has 1 saturated carbocycles. The van der Waals surface area contributed by atoms with Gasteiger partial charge in [0.15, 0.2) is 5.78 Å². The predicted molar refractivity (Wildman–Crippen MR) is 123 cm³/mol. The molecule has 8 heteroatoms. The van der Waals surface area contributed by atoms with Crippen molar-refractivity contribution in [1.29, 1.82) is 5.41 Å². The Bertz CT molecular complexity index is 822.